The smallest absolute Gasteiger partial charge is 0.469 e. The van der Waals surface area contributed by atoms with Crippen LogP contribution in [0.5, 0.6) is 0 Å². The van der Waals surface area contributed by atoms with E-state index < -0.39 is 31.6 Å². The summed E-state index contributed by atoms with van der Waals surface area (Å²) in [6.07, 6.45) is -1.00. The van der Waals surface area contributed by atoms with Crippen LogP contribution >= 0.6 is 8.17 Å². The maximum Gasteiger partial charge on any atom is 0.573 e. The fourth-order valence-corrected chi connectivity index (χ4v) is 4.29. The number of hydrogen-bond donors (Lipinski definition) is 2. The Bertz CT molecular complexity index is 588. The second-order valence-corrected chi connectivity index (χ2v) is 8.76. The molecule has 28 heavy (non-hydrogen) atoms. The topological polar surface area (TPSA) is 133 Å². The summed E-state index contributed by atoms with van der Waals surface area (Å²) in [5, 5.41) is 2.59. The zero-order chi connectivity index (χ0) is 20.8. The Kier molecular flexibility index (Phi) is 8.11. The minimum atomic E-state index is -3.72. The molecule has 2 fully saturated rings. The molecule has 11 nitrogen and oxygen atoms in total. The summed E-state index contributed by atoms with van der Waals surface area (Å²) >= 11 is 0. The molecule has 2 saturated heterocycles. The lowest BCUT2D eigenvalue weighted by Crippen LogP contribution is -2.51. The van der Waals surface area contributed by atoms with E-state index in [0.29, 0.717) is 13.2 Å². The van der Waals surface area contributed by atoms with Crippen LogP contribution in [0.1, 0.15) is 20.3 Å². The third kappa shape index (κ3) is 6.33. The number of amides is 2. The van der Waals surface area contributed by atoms with E-state index in [1.165, 1.54) is 7.11 Å². The molecule has 0 aliphatic carbocycles. The van der Waals surface area contributed by atoms with Crippen LogP contribution in [0, 0.1) is 5.41 Å². The number of carbonyl (C=O) groups is 3. The van der Waals surface area contributed by atoms with Crippen molar-refractivity contribution in [3.8, 4) is 0 Å². The van der Waals surface area contributed by atoms with Gasteiger partial charge in [-0.3, -0.25) is 14.4 Å². The molecule has 0 radical (unpaired) electrons. The van der Waals surface area contributed by atoms with E-state index in [4.69, 9.17) is 18.3 Å². The van der Waals surface area contributed by atoms with E-state index in [9.17, 15) is 19.3 Å². The minimum Gasteiger partial charge on any atom is -0.469 e. The first-order valence-corrected chi connectivity index (χ1v) is 10.5. The highest BCUT2D eigenvalue weighted by Crippen LogP contribution is 2.63. The van der Waals surface area contributed by atoms with Crippen molar-refractivity contribution in [3.05, 3.63) is 0 Å². The fourth-order valence-electron chi connectivity index (χ4n) is 2.64. The van der Waals surface area contributed by atoms with Crippen molar-refractivity contribution in [3.63, 3.8) is 0 Å². The summed E-state index contributed by atoms with van der Waals surface area (Å²) in [5.74, 6) is -1.09. The maximum atomic E-state index is 12.5. The molecule has 160 valence electrons. The Hall–Kier alpha value is -1.36. The molecule has 2 heterocycles. The fraction of sp³-hybridized carbons (Fsp3) is 0.812. The highest BCUT2D eigenvalue weighted by Gasteiger charge is 2.59. The minimum absolute atomic E-state index is 0.00682. The summed E-state index contributed by atoms with van der Waals surface area (Å²) in [6, 6.07) is 0. The molecule has 1 unspecified atom stereocenters. The van der Waals surface area contributed by atoms with E-state index in [1.807, 2.05) is 0 Å². The van der Waals surface area contributed by atoms with E-state index in [2.05, 4.69) is 10.1 Å². The lowest BCUT2D eigenvalue weighted by molar-refractivity contribution is -0.145. The summed E-state index contributed by atoms with van der Waals surface area (Å²) in [6.45, 7) is 4.79. The predicted molar refractivity (Wildman–Crippen MR) is 96.7 cm³/mol. The number of nitrogens with zero attached hydrogens (tertiary/aromatic N) is 1. The highest BCUT2D eigenvalue weighted by atomic mass is 31.2. The Morgan fingerprint density at radius 2 is 2.18 bits per heavy atom. The van der Waals surface area contributed by atoms with Crippen LogP contribution in [0.15, 0.2) is 0 Å². The van der Waals surface area contributed by atoms with Crippen molar-refractivity contribution < 1.29 is 42.3 Å². The molecule has 0 aromatic carbocycles. The van der Waals surface area contributed by atoms with Crippen molar-refractivity contribution in [1.82, 2.24) is 10.2 Å². The molecule has 0 spiro atoms. The lowest BCUT2D eigenvalue weighted by atomic mass is 9.87. The zero-order valence-electron chi connectivity index (χ0n) is 16.3. The van der Waals surface area contributed by atoms with Gasteiger partial charge in [0, 0.05) is 25.0 Å². The van der Waals surface area contributed by atoms with E-state index >= 15 is 0 Å². The van der Waals surface area contributed by atoms with Crippen LogP contribution in [0.3, 0.4) is 0 Å². The number of ether oxygens (including phenoxy) is 2. The standard InChI is InChI=1S/C16H27N2O9P/c1-16(2)11-26-28(22,25-9-7-18-6-8-24-10-12(18)19)27-14(16)15(21)17-5-4-13(20)23-3/h14,22H,4-11H2,1-3H3/p+1/t14-,28?/m0/s1. The molecule has 2 rings (SSSR count). The largest absolute Gasteiger partial charge is 0.573 e. The van der Waals surface area contributed by atoms with Crippen molar-refractivity contribution in [2.75, 3.05) is 53.2 Å². The number of methoxy groups -OCH3 is 1. The summed E-state index contributed by atoms with van der Waals surface area (Å²) in [7, 11) is -2.45. The molecular formula is C16H28N2O9P+. The Labute approximate surface area is 164 Å². The van der Waals surface area contributed by atoms with Crippen molar-refractivity contribution in [2.24, 2.45) is 5.41 Å². The van der Waals surface area contributed by atoms with Gasteiger partial charge in [-0.15, -0.1) is 4.52 Å². The first-order chi connectivity index (χ1) is 13.2. The van der Waals surface area contributed by atoms with Gasteiger partial charge in [0.25, 0.3) is 5.91 Å². The number of nitrogens with one attached hydrogen (secondary N) is 1. The molecular weight excluding hydrogens is 395 g/mol. The van der Waals surface area contributed by atoms with Crippen LogP contribution in [0.4, 0.5) is 0 Å². The van der Waals surface area contributed by atoms with Crippen LogP contribution in [0.2, 0.25) is 0 Å². The van der Waals surface area contributed by atoms with E-state index in [0.717, 1.165) is 0 Å². The highest BCUT2D eigenvalue weighted by molar-refractivity contribution is 7.55. The molecule has 2 atom stereocenters. The average Bonchev–Trinajstić information content (AvgIpc) is 2.65. The van der Waals surface area contributed by atoms with Crippen LogP contribution in [-0.2, 0) is 37.4 Å². The van der Waals surface area contributed by atoms with E-state index in [-0.39, 0.29) is 45.2 Å². The van der Waals surface area contributed by atoms with Gasteiger partial charge in [0.05, 0.1) is 20.1 Å². The van der Waals surface area contributed by atoms with E-state index in [1.54, 1.807) is 18.7 Å². The molecule has 2 aliphatic rings. The van der Waals surface area contributed by atoms with Gasteiger partial charge in [0.2, 0.25) is 5.91 Å². The second kappa shape index (κ2) is 9.91. The average molecular weight is 423 g/mol. The normalized spacial score (nSPS) is 27.4. The molecule has 0 bridgehead atoms. The summed E-state index contributed by atoms with van der Waals surface area (Å²) < 4.78 is 25.9. The third-order valence-electron chi connectivity index (χ3n) is 4.34. The molecule has 2 aliphatic heterocycles. The van der Waals surface area contributed by atoms with Gasteiger partial charge < -0.3 is 19.7 Å². The summed E-state index contributed by atoms with van der Waals surface area (Å²) in [5.41, 5.74) is -0.717. The Morgan fingerprint density at radius 1 is 1.43 bits per heavy atom. The van der Waals surface area contributed by atoms with Crippen LogP contribution in [0.25, 0.3) is 0 Å². The monoisotopic (exact) mass is 423 g/mol. The molecule has 0 aromatic heterocycles. The van der Waals surface area contributed by atoms with Crippen molar-refractivity contribution >= 4 is 26.0 Å². The SMILES string of the molecule is COC(=O)CCNC(=O)[C@@H]1O[P+](O)(OCCN2CCOCC2=O)OCC1(C)C. The first kappa shape index (κ1) is 22.9. The van der Waals surface area contributed by atoms with Crippen LogP contribution in [-0.4, -0.2) is 86.9 Å². The number of esters is 1. The van der Waals surface area contributed by atoms with Gasteiger partial charge in [0.1, 0.15) is 19.8 Å². The third-order valence-corrected chi connectivity index (χ3v) is 5.78. The molecule has 2 amide bonds. The number of morpholine rings is 1. The van der Waals surface area contributed by atoms with Crippen LogP contribution < -0.4 is 5.32 Å². The molecule has 0 aromatic rings. The van der Waals surface area contributed by atoms with Gasteiger partial charge in [-0.2, -0.15) is 13.9 Å². The summed E-state index contributed by atoms with van der Waals surface area (Å²) in [4.78, 5) is 47.4. The molecule has 2 N–H and O–H groups in total. The van der Waals surface area contributed by atoms with Gasteiger partial charge in [0.15, 0.2) is 6.10 Å². The second-order valence-electron chi connectivity index (χ2n) is 7.10. The van der Waals surface area contributed by atoms with Crippen molar-refractivity contribution in [1.29, 1.82) is 0 Å². The zero-order valence-corrected chi connectivity index (χ0v) is 17.2. The Morgan fingerprint density at radius 3 is 2.86 bits per heavy atom. The lowest BCUT2D eigenvalue weighted by Gasteiger charge is -2.36. The maximum absolute atomic E-state index is 12.5. The van der Waals surface area contributed by atoms with Gasteiger partial charge in [-0.1, -0.05) is 13.8 Å². The quantitative estimate of drug-likeness (QED) is 0.397. The number of hydrogen-bond acceptors (Lipinski definition) is 9. The molecule has 0 saturated carbocycles. The first-order valence-electron chi connectivity index (χ1n) is 8.96. The number of rotatable bonds is 8. The van der Waals surface area contributed by atoms with Gasteiger partial charge in [-0.25, -0.2) is 0 Å². The Balaban J connectivity index is 1.86. The number of carbonyl (C=O) groups excluding carboxylic acids is 3. The van der Waals surface area contributed by atoms with Gasteiger partial charge >= 0.3 is 14.1 Å². The molecule has 12 heteroatoms. The van der Waals surface area contributed by atoms with Gasteiger partial charge in [-0.05, 0) is 0 Å². The van der Waals surface area contributed by atoms with Crippen molar-refractivity contribution in [2.45, 2.75) is 26.4 Å². The predicted octanol–water partition coefficient (Wildman–Crippen LogP) is -0.347.